The number of rotatable bonds is 3. The molecule has 0 amide bonds. The van der Waals surface area contributed by atoms with Gasteiger partial charge in [0.1, 0.15) is 5.82 Å². The topological polar surface area (TPSA) is 55.1 Å². The van der Waals surface area contributed by atoms with Crippen LogP contribution in [0, 0.1) is 5.41 Å². The number of aromatic carboxylic acids is 1. The van der Waals surface area contributed by atoms with Crippen molar-refractivity contribution in [2.45, 2.75) is 39.7 Å². The van der Waals surface area contributed by atoms with Crippen molar-refractivity contribution >= 4 is 17.0 Å². The third-order valence-electron chi connectivity index (χ3n) is 4.10. The van der Waals surface area contributed by atoms with Gasteiger partial charge in [-0.15, -0.1) is 0 Å². The Labute approximate surface area is 112 Å². The summed E-state index contributed by atoms with van der Waals surface area (Å²) in [5, 5.41) is 9.05. The van der Waals surface area contributed by atoms with Crippen LogP contribution in [0.25, 0.3) is 11.0 Å². The first-order chi connectivity index (χ1) is 8.94. The lowest BCUT2D eigenvalue weighted by molar-refractivity contribution is 0.0697. The number of carbonyl (C=O) groups is 1. The predicted molar refractivity (Wildman–Crippen MR) is 73.5 cm³/mol. The van der Waals surface area contributed by atoms with Gasteiger partial charge in [0.25, 0.3) is 0 Å². The number of carboxylic acids is 1. The zero-order valence-electron chi connectivity index (χ0n) is 11.5. The molecule has 0 aliphatic heterocycles. The SMILES string of the molecule is CCc1nc2cc(C(=O)O)ccc2n1C1CC1(C)C. The number of aromatic nitrogens is 2. The van der Waals surface area contributed by atoms with E-state index >= 15 is 0 Å². The minimum absolute atomic E-state index is 0.301. The Morgan fingerprint density at radius 2 is 2.21 bits per heavy atom. The maximum Gasteiger partial charge on any atom is 0.335 e. The Morgan fingerprint density at radius 3 is 2.74 bits per heavy atom. The van der Waals surface area contributed by atoms with Crippen molar-refractivity contribution in [1.82, 2.24) is 9.55 Å². The number of benzene rings is 1. The van der Waals surface area contributed by atoms with Crippen LogP contribution in [0.4, 0.5) is 0 Å². The fraction of sp³-hybridized carbons (Fsp3) is 0.467. The van der Waals surface area contributed by atoms with Crippen molar-refractivity contribution in [1.29, 1.82) is 0 Å². The summed E-state index contributed by atoms with van der Waals surface area (Å²) in [6.07, 6.45) is 2.02. The molecule has 0 saturated heterocycles. The lowest BCUT2D eigenvalue weighted by Gasteiger charge is -2.10. The van der Waals surface area contributed by atoms with Gasteiger partial charge in [-0.2, -0.15) is 0 Å². The Balaban J connectivity index is 2.18. The predicted octanol–water partition coefficient (Wildman–Crippen LogP) is 3.27. The second-order valence-electron chi connectivity index (χ2n) is 5.97. The molecule has 1 aliphatic rings. The van der Waals surface area contributed by atoms with Crippen molar-refractivity contribution < 1.29 is 9.90 Å². The molecule has 0 radical (unpaired) electrons. The maximum atomic E-state index is 11.0. The molecular weight excluding hydrogens is 240 g/mol. The summed E-state index contributed by atoms with van der Waals surface area (Å²) < 4.78 is 2.29. The summed E-state index contributed by atoms with van der Waals surface area (Å²) in [4.78, 5) is 15.6. The molecule has 0 bridgehead atoms. The van der Waals surface area contributed by atoms with Gasteiger partial charge >= 0.3 is 5.97 Å². The van der Waals surface area contributed by atoms with Crippen LogP contribution in [0.3, 0.4) is 0 Å². The van der Waals surface area contributed by atoms with E-state index < -0.39 is 5.97 Å². The normalized spacial score (nSPS) is 20.7. The molecule has 3 rings (SSSR count). The zero-order chi connectivity index (χ0) is 13.8. The highest BCUT2D eigenvalue weighted by atomic mass is 16.4. The first kappa shape index (κ1) is 12.2. The van der Waals surface area contributed by atoms with E-state index in [4.69, 9.17) is 5.11 Å². The lowest BCUT2D eigenvalue weighted by atomic mass is 10.1. The molecular formula is C15H18N2O2. The zero-order valence-corrected chi connectivity index (χ0v) is 11.5. The molecule has 1 unspecified atom stereocenters. The van der Waals surface area contributed by atoms with Crippen LogP contribution in [-0.4, -0.2) is 20.6 Å². The minimum Gasteiger partial charge on any atom is -0.478 e. The molecule has 100 valence electrons. The molecule has 1 aromatic heterocycles. The Kier molecular flexibility index (Phi) is 2.46. The van der Waals surface area contributed by atoms with Crippen LogP contribution in [-0.2, 0) is 6.42 Å². The van der Waals surface area contributed by atoms with Crippen LogP contribution in [0.2, 0.25) is 0 Å². The highest BCUT2D eigenvalue weighted by Gasteiger charge is 2.48. The summed E-state index contributed by atoms with van der Waals surface area (Å²) in [5.41, 5.74) is 2.47. The van der Waals surface area contributed by atoms with E-state index in [9.17, 15) is 4.79 Å². The molecule has 1 atom stereocenters. The second-order valence-corrected chi connectivity index (χ2v) is 5.97. The second kappa shape index (κ2) is 3.83. The van der Waals surface area contributed by atoms with Gasteiger partial charge in [-0.3, -0.25) is 0 Å². The highest BCUT2D eigenvalue weighted by molar-refractivity contribution is 5.92. The quantitative estimate of drug-likeness (QED) is 0.919. The minimum atomic E-state index is -0.902. The third-order valence-corrected chi connectivity index (χ3v) is 4.10. The van der Waals surface area contributed by atoms with Gasteiger partial charge in [0.05, 0.1) is 16.6 Å². The summed E-state index contributed by atoms with van der Waals surface area (Å²) >= 11 is 0. The summed E-state index contributed by atoms with van der Waals surface area (Å²) in [6.45, 7) is 6.61. The molecule has 1 aromatic carbocycles. The molecule has 0 spiro atoms. The highest BCUT2D eigenvalue weighted by Crippen LogP contribution is 2.56. The summed E-state index contributed by atoms with van der Waals surface area (Å²) in [6, 6.07) is 5.71. The number of nitrogens with zero attached hydrogens (tertiary/aromatic N) is 2. The first-order valence-electron chi connectivity index (χ1n) is 6.68. The molecule has 1 heterocycles. The Bertz CT molecular complexity index is 670. The average Bonchev–Trinajstić information content (AvgIpc) is 2.85. The maximum absolute atomic E-state index is 11.0. The van der Waals surface area contributed by atoms with Crippen LogP contribution in [0.1, 0.15) is 49.4 Å². The van der Waals surface area contributed by atoms with Crippen molar-refractivity contribution in [3.05, 3.63) is 29.6 Å². The van der Waals surface area contributed by atoms with Crippen molar-refractivity contribution in [3.8, 4) is 0 Å². The van der Waals surface area contributed by atoms with E-state index in [0.29, 0.717) is 17.0 Å². The van der Waals surface area contributed by atoms with E-state index in [1.807, 2.05) is 6.07 Å². The molecule has 1 fully saturated rings. The monoisotopic (exact) mass is 258 g/mol. The molecule has 2 aromatic rings. The number of aryl methyl sites for hydroxylation is 1. The fourth-order valence-electron chi connectivity index (χ4n) is 2.76. The average molecular weight is 258 g/mol. The van der Waals surface area contributed by atoms with Gasteiger partial charge in [-0.25, -0.2) is 9.78 Å². The van der Waals surface area contributed by atoms with E-state index in [-0.39, 0.29) is 0 Å². The number of hydrogen-bond donors (Lipinski definition) is 1. The van der Waals surface area contributed by atoms with Crippen LogP contribution >= 0.6 is 0 Å². The largest absolute Gasteiger partial charge is 0.478 e. The smallest absolute Gasteiger partial charge is 0.335 e. The van der Waals surface area contributed by atoms with Crippen molar-refractivity contribution in [2.24, 2.45) is 5.41 Å². The van der Waals surface area contributed by atoms with Gasteiger partial charge < -0.3 is 9.67 Å². The van der Waals surface area contributed by atoms with E-state index in [0.717, 1.165) is 29.7 Å². The lowest BCUT2D eigenvalue weighted by Crippen LogP contribution is -2.04. The molecule has 4 heteroatoms. The number of imidazole rings is 1. The van der Waals surface area contributed by atoms with Crippen LogP contribution < -0.4 is 0 Å². The number of hydrogen-bond acceptors (Lipinski definition) is 2. The van der Waals surface area contributed by atoms with Crippen LogP contribution in [0.5, 0.6) is 0 Å². The first-order valence-corrected chi connectivity index (χ1v) is 6.68. The van der Waals surface area contributed by atoms with Gasteiger partial charge in [0, 0.05) is 12.5 Å². The van der Waals surface area contributed by atoms with E-state index in [1.54, 1.807) is 12.1 Å². The molecule has 4 nitrogen and oxygen atoms in total. The molecule has 1 N–H and O–H groups in total. The van der Waals surface area contributed by atoms with Gasteiger partial charge in [0.15, 0.2) is 0 Å². The standard InChI is InChI=1S/C15H18N2O2/c1-4-13-16-10-7-9(14(18)19)5-6-11(10)17(13)12-8-15(12,2)3/h5-7,12H,4,8H2,1-3H3,(H,18,19). The Morgan fingerprint density at radius 1 is 1.53 bits per heavy atom. The summed E-state index contributed by atoms with van der Waals surface area (Å²) in [5.74, 6) is 0.148. The van der Waals surface area contributed by atoms with Crippen molar-refractivity contribution in [3.63, 3.8) is 0 Å². The summed E-state index contributed by atoms with van der Waals surface area (Å²) in [7, 11) is 0. The van der Waals surface area contributed by atoms with E-state index in [2.05, 4.69) is 30.3 Å². The van der Waals surface area contributed by atoms with Gasteiger partial charge in [-0.05, 0) is 30.0 Å². The number of fused-ring (bicyclic) bond motifs is 1. The third kappa shape index (κ3) is 1.82. The van der Waals surface area contributed by atoms with Gasteiger partial charge in [0.2, 0.25) is 0 Å². The molecule has 19 heavy (non-hydrogen) atoms. The fourth-order valence-corrected chi connectivity index (χ4v) is 2.76. The molecule has 1 aliphatic carbocycles. The number of carboxylic acid groups (broad SMARTS) is 1. The molecule has 1 saturated carbocycles. The van der Waals surface area contributed by atoms with E-state index in [1.165, 1.54) is 0 Å². The van der Waals surface area contributed by atoms with Gasteiger partial charge in [-0.1, -0.05) is 20.8 Å². The Hall–Kier alpha value is -1.84. The van der Waals surface area contributed by atoms with Crippen molar-refractivity contribution in [2.75, 3.05) is 0 Å². The van der Waals surface area contributed by atoms with Crippen LogP contribution in [0.15, 0.2) is 18.2 Å².